The lowest BCUT2D eigenvalue weighted by molar-refractivity contribution is 0.0957. The number of carbonyl (C=O) groups excluding carboxylic acids is 1. The van der Waals surface area contributed by atoms with Gasteiger partial charge < -0.3 is 11.1 Å². The number of aryl methyl sites for hydroxylation is 1. The number of fused-ring (bicyclic) bond motifs is 1. The summed E-state index contributed by atoms with van der Waals surface area (Å²) in [6, 6.07) is 5.65. The molecule has 0 saturated carbocycles. The minimum Gasteiger partial charge on any atom is -0.397 e. The van der Waals surface area contributed by atoms with E-state index in [2.05, 4.69) is 15.4 Å². The molecule has 0 saturated heterocycles. The molecule has 3 heterocycles. The van der Waals surface area contributed by atoms with Crippen molar-refractivity contribution in [1.29, 1.82) is 0 Å². The summed E-state index contributed by atoms with van der Waals surface area (Å²) in [5, 5.41) is 7.77. The highest BCUT2D eigenvalue weighted by atomic mass is 32.1. The Balaban J connectivity index is 1.73. The van der Waals surface area contributed by atoms with Crippen LogP contribution in [0.3, 0.4) is 0 Å². The molecule has 108 valence electrons. The number of nitrogens with one attached hydrogen (secondary N) is 1. The maximum atomic E-state index is 12.2. The predicted molar refractivity (Wildman–Crippen MR) is 83.3 cm³/mol. The molecule has 0 radical (unpaired) electrons. The molecule has 0 spiro atoms. The fourth-order valence-corrected chi connectivity index (χ4v) is 3.11. The van der Waals surface area contributed by atoms with Crippen molar-refractivity contribution in [3.63, 3.8) is 0 Å². The summed E-state index contributed by atoms with van der Waals surface area (Å²) in [5.41, 5.74) is 7.46. The average Bonchev–Trinajstić information content (AvgIpc) is 3.07. The zero-order chi connectivity index (χ0) is 14.8. The number of hydrogen-bond donors (Lipinski definition) is 2. The Kier molecular flexibility index (Phi) is 3.57. The molecule has 0 atom stereocenters. The standard InChI is InChI=1S/C14H15N5OS/c1-9-3-4-10-11(15)12(21-14(10)18-9)13(20)16-6-8-19-7-2-5-17-19/h2-5,7H,6,8,15H2,1H3,(H,16,20). The minimum absolute atomic E-state index is 0.166. The van der Waals surface area contributed by atoms with Crippen molar-refractivity contribution in [1.82, 2.24) is 20.1 Å². The fraction of sp³-hybridized carbons (Fsp3) is 0.214. The highest BCUT2D eigenvalue weighted by Gasteiger charge is 2.16. The number of rotatable bonds is 4. The van der Waals surface area contributed by atoms with Gasteiger partial charge in [0.05, 0.1) is 12.2 Å². The summed E-state index contributed by atoms with van der Waals surface area (Å²) in [6.45, 7) is 3.04. The van der Waals surface area contributed by atoms with E-state index in [1.165, 1.54) is 11.3 Å². The quantitative estimate of drug-likeness (QED) is 0.769. The van der Waals surface area contributed by atoms with Crippen molar-refractivity contribution in [2.24, 2.45) is 0 Å². The molecule has 6 nitrogen and oxygen atoms in total. The Morgan fingerprint density at radius 3 is 3.10 bits per heavy atom. The summed E-state index contributed by atoms with van der Waals surface area (Å²) < 4.78 is 1.76. The first-order chi connectivity index (χ1) is 10.1. The van der Waals surface area contributed by atoms with Gasteiger partial charge in [0, 0.05) is 30.0 Å². The summed E-state index contributed by atoms with van der Waals surface area (Å²) in [5.74, 6) is -0.166. The summed E-state index contributed by atoms with van der Waals surface area (Å²) in [7, 11) is 0. The van der Waals surface area contributed by atoms with Crippen LogP contribution in [0.2, 0.25) is 0 Å². The Morgan fingerprint density at radius 1 is 1.48 bits per heavy atom. The lowest BCUT2D eigenvalue weighted by Crippen LogP contribution is -2.27. The smallest absolute Gasteiger partial charge is 0.263 e. The Morgan fingerprint density at radius 2 is 2.33 bits per heavy atom. The first kappa shape index (κ1) is 13.6. The zero-order valence-corrected chi connectivity index (χ0v) is 12.4. The van der Waals surface area contributed by atoms with Gasteiger partial charge in [0.2, 0.25) is 0 Å². The Hall–Kier alpha value is -2.41. The van der Waals surface area contributed by atoms with Crippen LogP contribution in [0, 0.1) is 6.92 Å². The van der Waals surface area contributed by atoms with E-state index in [-0.39, 0.29) is 5.91 Å². The van der Waals surface area contributed by atoms with Crippen molar-refractivity contribution in [3.05, 3.63) is 41.2 Å². The molecule has 3 rings (SSSR count). The van der Waals surface area contributed by atoms with Crippen molar-refractivity contribution in [2.75, 3.05) is 12.3 Å². The molecule has 3 aromatic rings. The van der Waals surface area contributed by atoms with E-state index in [0.717, 1.165) is 15.9 Å². The largest absolute Gasteiger partial charge is 0.397 e. The van der Waals surface area contributed by atoms with E-state index >= 15 is 0 Å². The topological polar surface area (TPSA) is 85.8 Å². The summed E-state index contributed by atoms with van der Waals surface area (Å²) >= 11 is 1.32. The lowest BCUT2D eigenvalue weighted by Gasteiger charge is -2.04. The van der Waals surface area contributed by atoms with Gasteiger partial charge >= 0.3 is 0 Å². The molecule has 3 N–H and O–H groups in total. The van der Waals surface area contributed by atoms with Crippen LogP contribution in [-0.2, 0) is 6.54 Å². The molecular weight excluding hydrogens is 286 g/mol. The monoisotopic (exact) mass is 301 g/mol. The summed E-state index contributed by atoms with van der Waals surface area (Å²) in [6.07, 6.45) is 3.56. The lowest BCUT2D eigenvalue weighted by atomic mass is 10.2. The molecule has 21 heavy (non-hydrogen) atoms. The Labute approximate surface area is 125 Å². The minimum atomic E-state index is -0.166. The number of thiophene rings is 1. The number of pyridine rings is 1. The molecule has 7 heteroatoms. The van der Waals surface area contributed by atoms with Gasteiger partial charge in [-0.25, -0.2) is 4.98 Å². The van der Waals surface area contributed by atoms with Gasteiger partial charge in [-0.3, -0.25) is 9.48 Å². The average molecular weight is 301 g/mol. The van der Waals surface area contributed by atoms with E-state index in [1.54, 1.807) is 10.9 Å². The van der Waals surface area contributed by atoms with Crippen molar-refractivity contribution < 1.29 is 4.79 Å². The molecule has 0 aliphatic heterocycles. The van der Waals surface area contributed by atoms with Crippen molar-refractivity contribution >= 4 is 33.1 Å². The highest BCUT2D eigenvalue weighted by molar-refractivity contribution is 7.21. The van der Waals surface area contributed by atoms with Crippen LogP contribution in [0.5, 0.6) is 0 Å². The van der Waals surface area contributed by atoms with E-state index in [1.807, 2.05) is 31.3 Å². The van der Waals surface area contributed by atoms with Gasteiger partial charge in [0.1, 0.15) is 9.71 Å². The second kappa shape index (κ2) is 5.53. The van der Waals surface area contributed by atoms with Crippen molar-refractivity contribution in [3.8, 4) is 0 Å². The van der Waals surface area contributed by atoms with Gasteiger partial charge in [-0.1, -0.05) is 0 Å². The number of nitrogens with zero attached hydrogens (tertiary/aromatic N) is 3. The van der Waals surface area contributed by atoms with Crippen LogP contribution in [0.15, 0.2) is 30.6 Å². The SMILES string of the molecule is Cc1ccc2c(N)c(C(=O)NCCn3cccn3)sc2n1. The third kappa shape index (κ3) is 2.73. The molecule has 0 aliphatic rings. The summed E-state index contributed by atoms with van der Waals surface area (Å²) in [4.78, 5) is 17.9. The number of nitrogen functional groups attached to an aromatic ring is 1. The van der Waals surface area contributed by atoms with E-state index in [9.17, 15) is 4.79 Å². The van der Waals surface area contributed by atoms with Gasteiger partial charge in [0.15, 0.2) is 0 Å². The number of aromatic nitrogens is 3. The zero-order valence-electron chi connectivity index (χ0n) is 11.5. The second-order valence-corrected chi connectivity index (χ2v) is 5.67. The van der Waals surface area contributed by atoms with Crippen LogP contribution >= 0.6 is 11.3 Å². The van der Waals surface area contributed by atoms with Crippen LogP contribution in [0.25, 0.3) is 10.2 Å². The molecule has 0 aromatic carbocycles. The van der Waals surface area contributed by atoms with Gasteiger partial charge in [-0.2, -0.15) is 5.10 Å². The van der Waals surface area contributed by atoms with Crippen LogP contribution in [0.1, 0.15) is 15.4 Å². The van der Waals surface area contributed by atoms with Crippen molar-refractivity contribution in [2.45, 2.75) is 13.5 Å². The first-order valence-electron chi connectivity index (χ1n) is 6.56. The molecule has 0 unspecified atom stereocenters. The van der Waals surface area contributed by atoms with Gasteiger partial charge in [0.25, 0.3) is 5.91 Å². The number of nitrogens with two attached hydrogens (primary N) is 1. The third-order valence-corrected chi connectivity index (χ3v) is 4.24. The van der Waals surface area contributed by atoms with E-state index in [0.29, 0.717) is 23.7 Å². The predicted octanol–water partition coefficient (Wildman–Crippen LogP) is 1.81. The first-order valence-corrected chi connectivity index (χ1v) is 7.38. The fourth-order valence-electron chi connectivity index (χ4n) is 2.06. The van der Waals surface area contributed by atoms with Gasteiger partial charge in [-0.05, 0) is 25.1 Å². The number of hydrogen-bond acceptors (Lipinski definition) is 5. The van der Waals surface area contributed by atoms with Crippen LogP contribution in [-0.4, -0.2) is 27.2 Å². The number of carbonyl (C=O) groups is 1. The molecule has 0 fully saturated rings. The molecule has 0 aliphatic carbocycles. The maximum absolute atomic E-state index is 12.2. The normalized spacial score (nSPS) is 10.9. The van der Waals surface area contributed by atoms with E-state index < -0.39 is 0 Å². The Bertz CT molecular complexity index is 778. The van der Waals surface area contributed by atoms with Crippen LogP contribution in [0.4, 0.5) is 5.69 Å². The molecular formula is C14H15N5OS. The second-order valence-electron chi connectivity index (χ2n) is 4.68. The molecule has 3 aromatic heterocycles. The van der Waals surface area contributed by atoms with Gasteiger partial charge in [-0.15, -0.1) is 11.3 Å². The highest BCUT2D eigenvalue weighted by Crippen LogP contribution is 2.32. The number of amides is 1. The molecule has 0 bridgehead atoms. The third-order valence-electron chi connectivity index (χ3n) is 3.12. The molecule has 1 amide bonds. The van der Waals surface area contributed by atoms with E-state index in [4.69, 9.17) is 5.73 Å². The number of anilines is 1. The maximum Gasteiger partial charge on any atom is 0.263 e. The van der Waals surface area contributed by atoms with Crippen LogP contribution < -0.4 is 11.1 Å².